The minimum absolute atomic E-state index is 0.00162. The molecule has 2 aliphatic rings. The van der Waals surface area contributed by atoms with Gasteiger partial charge in [0.15, 0.2) is 0 Å². The lowest BCUT2D eigenvalue weighted by Crippen LogP contribution is -2.46. The molecule has 1 aromatic carbocycles. The lowest BCUT2D eigenvalue weighted by molar-refractivity contribution is -0.123. The van der Waals surface area contributed by atoms with Crippen molar-refractivity contribution in [3.63, 3.8) is 0 Å². The van der Waals surface area contributed by atoms with Gasteiger partial charge in [0.1, 0.15) is 16.5 Å². The maximum Gasteiger partial charge on any atom is 0.247 e. The summed E-state index contributed by atoms with van der Waals surface area (Å²) in [6.45, 7) is -1.29. The van der Waals surface area contributed by atoms with Crippen molar-refractivity contribution < 1.29 is 26.8 Å². The molecular weight excluding hydrogens is 368 g/mol. The number of carbonyl (C=O) groups excluding carboxylic acids is 2. The molecule has 0 radical (unpaired) electrons. The molecule has 7 nitrogen and oxygen atoms in total. The molecule has 0 bridgehead atoms. The highest BCUT2D eigenvalue weighted by atomic mass is 32.2. The first kappa shape index (κ1) is 18.7. The van der Waals surface area contributed by atoms with E-state index in [4.69, 9.17) is 0 Å². The molecule has 10 heteroatoms. The van der Waals surface area contributed by atoms with Gasteiger partial charge < -0.3 is 10.6 Å². The number of amides is 2. The van der Waals surface area contributed by atoms with E-state index in [0.717, 1.165) is 31.7 Å². The first-order chi connectivity index (χ1) is 12.3. The van der Waals surface area contributed by atoms with Gasteiger partial charge in [-0.2, -0.15) is 4.31 Å². The van der Waals surface area contributed by atoms with Crippen molar-refractivity contribution in [2.45, 2.75) is 42.7 Å². The summed E-state index contributed by atoms with van der Waals surface area (Å²) in [5.41, 5.74) is 0. The number of hydrogen-bond acceptors (Lipinski definition) is 4. The van der Waals surface area contributed by atoms with Crippen LogP contribution in [0.1, 0.15) is 25.7 Å². The lowest BCUT2D eigenvalue weighted by Gasteiger charge is -2.21. The molecule has 3 rings (SSSR count). The number of nitrogens with one attached hydrogen (secondary N) is 2. The number of halogens is 2. The molecule has 2 fully saturated rings. The Morgan fingerprint density at radius 3 is 1.96 bits per heavy atom. The van der Waals surface area contributed by atoms with Crippen LogP contribution < -0.4 is 10.6 Å². The van der Waals surface area contributed by atoms with Gasteiger partial charge in [0.2, 0.25) is 21.8 Å². The highest BCUT2D eigenvalue weighted by molar-refractivity contribution is 7.89. The second kappa shape index (κ2) is 7.28. The Labute approximate surface area is 149 Å². The molecule has 0 spiro atoms. The molecule has 0 aliphatic heterocycles. The smallest absolute Gasteiger partial charge is 0.247 e. The van der Waals surface area contributed by atoms with Gasteiger partial charge in [0, 0.05) is 12.1 Å². The number of benzene rings is 1. The summed E-state index contributed by atoms with van der Waals surface area (Å²) in [7, 11) is -4.58. The Bertz CT molecular complexity index is 795. The molecule has 2 aliphatic carbocycles. The van der Waals surface area contributed by atoms with Gasteiger partial charge in [-0.15, -0.1) is 0 Å². The minimum Gasteiger partial charge on any atom is -0.352 e. The van der Waals surface area contributed by atoms with E-state index in [1.807, 2.05) is 0 Å². The Morgan fingerprint density at radius 2 is 1.50 bits per heavy atom. The first-order valence-corrected chi connectivity index (χ1v) is 9.73. The SMILES string of the molecule is O=C(CN(CC(=O)NC1CC1)S(=O)(=O)c1cc(F)ccc1F)NC1CC1. The highest BCUT2D eigenvalue weighted by Crippen LogP contribution is 2.22. The van der Waals surface area contributed by atoms with Crippen molar-refractivity contribution in [2.24, 2.45) is 0 Å². The van der Waals surface area contributed by atoms with Crippen LogP contribution in [-0.4, -0.2) is 49.7 Å². The summed E-state index contributed by atoms with van der Waals surface area (Å²) in [5.74, 6) is -3.27. The quantitative estimate of drug-likeness (QED) is 0.680. The predicted molar refractivity (Wildman–Crippen MR) is 87.4 cm³/mol. The number of nitrogens with zero attached hydrogens (tertiary/aromatic N) is 1. The van der Waals surface area contributed by atoms with Crippen LogP contribution in [0.4, 0.5) is 8.78 Å². The van der Waals surface area contributed by atoms with Crippen LogP contribution in [0.25, 0.3) is 0 Å². The van der Waals surface area contributed by atoms with E-state index in [0.29, 0.717) is 16.4 Å². The normalized spacial score (nSPS) is 17.2. The Morgan fingerprint density at radius 1 is 1.00 bits per heavy atom. The van der Waals surface area contributed by atoms with Crippen molar-refractivity contribution in [1.82, 2.24) is 14.9 Å². The summed E-state index contributed by atoms with van der Waals surface area (Å²) >= 11 is 0. The zero-order valence-corrected chi connectivity index (χ0v) is 14.7. The number of sulfonamides is 1. The number of carbonyl (C=O) groups is 2. The molecule has 0 aromatic heterocycles. The fourth-order valence-electron chi connectivity index (χ4n) is 2.36. The second-order valence-electron chi connectivity index (χ2n) is 6.53. The molecular formula is C16H19F2N3O4S. The van der Waals surface area contributed by atoms with E-state index in [1.165, 1.54) is 0 Å². The number of rotatable bonds is 8. The largest absolute Gasteiger partial charge is 0.352 e. The molecule has 1 aromatic rings. The average molecular weight is 387 g/mol. The Balaban J connectivity index is 1.82. The summed E-state index contributed by atoms with van der Waals surface area (Å²) in [6, 6.07) is 2.01. The number of hydrogen-bond donors (Lipinski definition) is 2. The highest BCUT2D eigenvalue weighted by Gasteiger charge is 2.34. The zero-order chi connectivity index (χ0) is 18.9. The van der Waals surface area contributed by atoms with Gasteiger partial charge in [0.25, 0.3) is 0 Å². The van der Waals surface area contributed by atoms with Gasteiger partial charge in [-0.05, 0) is 43.9 Å². The molecule has 2 N–H and O–H groups in total. The molecule has 0 unspecified atom stereocenters. The monoisotopic (exact) mass is 387 g/mol. The van der Waals surface area contributed by atoms with Crippen LogP contribution in [0.15, 0.2) is 23.1 Å². The van der Waals surface area contributed by atoms with Crippen molar-refractivity contribution >= 4 is 21.8 Å². The molecule has 0 atom stereocenters. The van der Waals surface area contributed by atoms with Crippen LogP contribution in [0, 0.1) is 11.6 Å². The molecule has 0 heterocycles. The Hall–Kier alpha value is -2.07. The molecule has 26 heavy (non-hydrogen) atoms. The maximum atomic E-state index is 14.0. The van der Waals surface area contributed by atoms with Crippen molar-refractivity contribution in [1.29, 1.82) is 0 Å². The van der Waals surface area contributed by atoms with E-state index in [9.17, 15) is 26.8 Å². The Kier molecular flexibility index (Phi) is 5.24. The van der Waals surface area contributed by atoms with Gasteiger partial charge in [-0.1, -0.05) is 0 Å². The van der Waals surface area contributed by atoms with Crippen molar-refractivity contribution in [2.75, 3.05) is 13.1 Å². The topological polar surface area (TPSA) is 95.6 Å². The summed E-state index contributed by atoms with van der Waals surface area (Å²) < 4.78 is 53.4. The second-order valence-corrected chi connectivity index (χ2v) is 8.44. The van der Waals surface area contributed by atoms with Crippen LogP contribution in [0.2, 0.25) is 0 Å². The fourth-order valence-corrected chi connectivity index (χ4v) is 3.79. The third kappa shape index (κ3) is 4.76. The van der Waals surface area contributed by atoms with Crippen molar-refractivity contribution in [3.8, 4) is 0 Å². The molecule has 2 saturated carbocycles. The summed E-state index contributed by atoms with van der Waals surface area (Å²) in [5, 5.41) is 5.23. The maximum absolute atomic E-state index is 14.0. The third-order valence-electron chi connectivity index (χ3n) is 4.04. The fraction of sp³-hybridized carbons (Fsp3) is 0.500. The van der Waals surface area contributed by atoms with Crippen LogP contribution >= 0.6 is 0 Å². The van der Waals surface area contributed by atoms with E-state index in [-0.39, 0.29) is 12.1 Å². The van der Waals surface area contributed by atoms with Crippen LogP contribution in [-0.2, 0) is 19.6 Å². The lowest BCUT2D eigenvalue weighted by atomic mass is 10.3. The van der Waals surface area contributed by atoms with E-state index < -0.39 is 51.5 Å². The third-order valence-corrected chi connectivity index (χ3v) is 5.84. The van der Waals surface area contributed by atoms with Crippen molar-refractivity contribution in [3.05, 3.63) is 29.8 Å². The van der Waals surface area contributed by atoms with E-state index >= 15 is 0 Å². The average Bonchev–Trinajstić information content (AvgIpc) is 3.46. The summed E-state index contributed by atoms with van der Waals surface area (Å²) in [4.78, 5) is 23.2. The molecule has 0 saturated heterocycles. The van der Waals surface area contributed by atoms with Gasteiger partial charge in [0.05, 0.1) is 13.1 Å². The van der Waals surface area contributed by atoms with E-state index in [2.05, 4.69) is 10.6 Å². The molecule has 142 valence electrons. The minimum atomic E-state index is -4.58. The zero-order valence-electron chi connectivity index (χ0n) is 13.9. The molecule has 2 amide bonds. The van der Waals surface area contributed by atoms with Crippen LogP contribution in [0.5, 0.6) is 0 Å². The predicted octanol–water partition coefficient (Wildman–Crippen LogP) is 0.513. The van der Waals surface area contributed by atoms with E-state index in [1.54, 1.807) is 0 Å². The standard InChI is InChI=1S/C16H19F2N3O4S/c17-10-1-6-13(18)14(7-10)26(24,25)21(8-15(22)19-11-2-3-11)9-16(23)20-12-4-5-12/h1,6-7,11-12H,2-5,8-9H2,(H,19,22)(H,20,23). The first-order valence-electron chi connectivity index (χ1n) is 8.29. The van der Waals surface area contributed by atoms with Gasteiger partial charge in [-0.3, -0.25) is 9.59 Å². The van der Waals surface area contributed by atoms with Gasteiger partial charge in [-0.25, -0.2) is 17.2 Å². The summed E-state index contributed by atoms with van der Waals surface area (Å²) in [6.07, 6.45) is 3.22. The van der Waals surface area contributed by atoms with Crippen LogP contribution in [0.3, 0.4) is 0 Å². The van der Waals surface area contributed by atoms with Gasteiger partial charge >= 0.3 is 0 Å².